The van der Waals surface area contributed by atoms with Crippen molar-refractivity contribution >= 4 is 5.97 Å². The van der Waals surface area contributed by atoms with Gasteiger partial charge in [0, 0.05) is 6.04 Å². The number of hydrogen-bond donors (Lipinski definition) is 2. The highest BCUT2D eigenvalue weighted by Crippen LogP contribution is 2.23. The lowest BCUT2D eigenvalue weighted by molar-refractivity contribution is -0.167. The molecule has 0 bridgehead atoms. The van der Waals surface area contributed by atoms with Gasteiger partial charge in [-0.2, -0.15) is 0 Å². The average Bonchev–Trinajstić information content (AvgIpc) is 2.38. The summed E-state index contributed by atoms with van der Waals surface area (Å²) in [5, 5.41) is 12.4. The van der Waals surface area contributed by atoms with Crippen molar-refractivity contribution in [3.8, 4) is 0 Å². The van der Waals surface area contributed by atoms with E-state index in [1.54, 1.807) is 0 Å². The molecule has 2 rings (SSSR count). The fourth-order valence-electron chi connectivity index (χ4n) is 2.39. The Hall–Kier alpha value is -0.610. The Balaban J connectivity index is 1.90. The minimum Gasteiger partial charge on any atom is -0.480 e. The molecule has 0 atom stereocenters. The number of nitrogens with one attached hydrogen (secondary N) is 1. The Morgan fingerprint density at radius 2 is 1.80 bits per heavy atom. The van der Waals surface area contributed by atoms with E-state index < -0.39 is 11.5 Å². The van der Waals surface area contributed by atoms with Crippen molar-refractivity contribution in [1.29, 1.82) is 0 Å². The van der Waals surface area contributed by atoms with Gasteiger partial charge in [0.15, 0.2) is 5.54 Å². The Labute approximate surface area is 90.0 Å². The second kappa shape index (κ2) is 4.49. The number of rotatable bonds is 3. The summed E-state index contributed by atoms with van der Waals surface area (Å²) in [6.07, 6.45) is 7.22. The molecule has 0 radical (unpaired) electrons. The summed E-state index contributed by atoms with van der Waals surface area (Å²) in [7, 11) is 0. The molecule has 0 aromatic heterocycles. The van der Waals surface area contributed by atoms with Crippen LogP contribution in [0.3, 0.4) is 0 Å². The predicted octanol–water partition coefficient (Wildman–Crippen LogP) is 1.15. The monoisotopic (exact) mass is 213 g/mol. The summed E-state index contributed by atoms with van der Waals surface area (Å²) < 4.78 is 5.03. The van der Waals surface area contributed by atoms with Crippen LogP contribution in [0.1, 0.15) is 38.5 Å². The molecule has 1 heterocycles. The molecule has 0 aromatic rings. The van der Waals surface area contributed by atoms with Crippen molar-refractivity contribution in [1.82, 2.24) is 5.32 Å². The summed E-state index contributed by atoms with van der Waals surface area (Å²) in [5.41, 5.74) is -0.783. The molecule has 2 fully saturated rings. The third-order valence-corrected chi connectivity index (χ3v) is 3.44. The molecule has 0 unspecified atom stereocenters. The van der Waals surface area contributed by atoms with Gasteiger partial charge in [0.25, 0.3) is 0 Å². The van der Waals surface area contributed by atoms with E-state index >= 15 is 0 Å². The highest BCUT2D eigenvalue weighted by Gasteiger charge is 2.47. The molecule has 4 heteroatoms. The van der Waals surface area contributed by atoms with Crippen molar-refractivity contribution < 1.29 is 14.6 Å². The van der Waals surface area contributed by atoms with Gasteiger partial charge >= 0.3 is 5.97 Å². The number of ether oxygens (including phenoxy) is 1. The predicted molar refractivity (Wildman–Crippen MR) is 55.8 cm³/mol. The zero-order chi connectivity index (χ0) is 10.7. The second-order valence-electron chi connectivity index (χ2n) is 4.71. The van der Waals surface area contributed by atoms with Gasteiger partial charge in [-0.15, -0.1) is 0 Å². The first-order valence-electron chi connectivity index (χ1n) is 5.82. The number of carboxylic acids is 1. The summed E-state index contributed by atoms with van der Waals surface area (Å²) in [4.78, 5) is 11.1. The van der Waals surface area contributed by atoms with E-state index in [4.69, 9.17) is 9.84 Å². The normalized spacial score (nSPS) is 26.7. The highest BCUT2D eigenvalue weighted by molar-refractivity contribution is 5.80. The van der Waals surface area contributed by atoms with E-state index in [0.29, 0.717) is 19.3 Å². The minimum atomic E-state index is -0.783. The summed E-state index contributed by atoms with van der Waals surface area (Å²) in [6.45, 7) is 0.637. The Kier molecular flexibility index (Phi) is 3.26. The Bertz CT molecular complexity index is 230. The highest BCUT2D eigenvalue weighted by atomic mass is 16.5. The van der Waals surface area contributed by atoms with E-state index in [9.17, 15) is 4.79 Å². The third kappa shape index (κ3) is 2.32. The van der Waals surface area contributed by atoms with E-state index in [0.717, 1.165) is 12.8 Å². The van der Waals surface area contributed by atoms with E-state index in [1.165, 1.54) is 25.7 Å². The fourth-order valence-corrected chi connectivity index (χ4v) is 2.39. The van der Waals surface area contributed by atoms with Crippen molar-refractivity contribution in [2.24, 2.45) is 0 Å². The second-order valence-corrected chi connectivity index (χ2v) is 4.71. The van der Waals surface area contributed by atoms with Gasteiger partial charge in [0.1, 0.15) is 0 Å². The van der Waals surface area contributed by atoms with Crippen LogP contribution in [0.25, 0.3) is 0 Å². The largest absolute Gasteiger partial charge is 0.480 e. The van der Waals surface area contributed by atoms with Crippen molar-refractivity contribution in [3.63, 3.8) is 0 Å². The zero-order valence-corrected chi connectivity index (χ0v) is 9.00. The third-order valence-electron chi connectivity index (χ3n) is 3.44. The summed E-state index contributed by atoms with van der Waals surface area (Å²) in [6, 6.07) is 0.368. The quantitative estimate of drug-likeness (QED) is 0.690. The smallest absolute Gasteiger partial charge is 0.328 e. The first kappa shape index (κ1) is 10.9. The number of aliphatic carboxylic acids is 1. The number of carboxylic acid groups (broad SMARTS) is 1. The van der Waals surface area contributed by atoms with Gasteiger partial charge < -0.3 is 9.84 Å². The lowest BCUT2D eigenvalue weighted by Crippen LogP contribution is -2.67. The van der Waals surface area contributed by atoms with Crippen LogP contribution in [0.2, 0.25) is 0 Å². The minimum absolute atomic E-state index is 0.318. The Morgan fingerprint density at radius 3 is 2.20 bits per heavy atom. The van der Waals surface area contributed by atoms with Crippen LogP contribution < -0.4 is 5.32 Å². The topological polar surface area (TPSA) is 58.6 Å². The molecule has 1 saturated heterocycles. The fraction of sp³-hybridized carbons (Fsp3) is 0.909. The molecule has 86 valence electrons. The lowest BCUT2D eigenvalue weighted by Gasteiger charge is -2.40. The molecule has 1 aliphatic heterocycles. The van der Waals surface area contributed by atoms with E-state index in [1.807, 2.05) is 0 Å². The van der Waals surface area contributed by atoms with Crippen LogP contribution in [0.5, 0.6) is 0 Å². The first-order valence-corrected chi connectivity index (χ1v) is 5.82. The van der Waals surface area contributed by atoms with Crippen LogP contribution in [0.4, 0.5) is 0 Å². The van der Waals surface area contributed by atoms with Gasteiger partial charge in [-0.3, -0.25) is 10.1 Å². The van der Waals surface area contributed by atoms with Crippen LogP contribution in [-0.4, -0.2) is 35.9 Å². The maximum Gasteiger partial charge on any atom is 0.328 e. The first-order chi connectivity index (χ1) is 7.23. The maximum absolute atomic E-state index is 11.1. The summed E-state index contributed by atoms with van der Waals surface area (Å²) in [5.74, 6) is -0.766. The molecule has 1 aliphatic carbocycles. The van der Waals surface area contributed by atoms with Gasteiger partial charge in [0.2, 0.25) is 0 Å². The van der Waals surface area contributed by atoms with Gasteiger partial charge in [0.05, 0.1) is 13.2 Å². The van der Waals surface area contributed by atoms with Crippen LogP contribution in [0.15, 0.2) is 0 Å². The SMILES string of the molecule is O=C(O)C1(NC2CCCCCC2)COC1. The summed E-state index contributed by atoms with van der Waals surface area (Å²) >= 11 is 0. The molecule has 15 heavy (non-hydrogen) atoms. The Morgan fingerprint density at radius 1 is 1.20 bits per heavy atom. The molecule has 4 nitrogen and oxygen atoms in total. The molecule has 2 aliphatic rings. The van der Waals surface area contributed by atoms with E-state index in [-0.39, 0.29) is 0 Å². The number of carbonyl (C=O) groups is 1. The van der Waals surface area contributed by atoms with Crippen molar-refractivity contribution in [2.45, 2.75) is 50.1 Å². The average molecular weight is 213 g/mol. The molecule has 0 spiro atoms. The van der Waals surface area contributed by atoms with E-state index in [2.05, 4.69) is 5.32 Å². The lowest BCUT2D eigenvalue weighted by atomic mass is 9.94. The molecule has 0 aromatic carbocycles. The molecule has 0 amide bonds. The molecular weight excluding hydrogens is 194 g/mol. The van der Waals surface area contributed by atoms with Gasteiger partial charge in [-0.1, -0.05) is 25.7 Å². The number of hydrogen-bond acceptors (Lipinski definition) is 3. The zero-order valence-electron chi connectivity index (χ0n) is 9.00. The van der Waals surface area contributed by atoms with Crippen molar-refractivity contribution in [2.75, 3.05) is 13.2 Å². The van der Waals surface area contributed by atoms with Crippen LogP contribution in [0, 0.1) is 0 Å². The van der Waals surface area contributed by atoms with Gasteiger partial charge in [-0.25, -0.2) is 0 Å². The van der Waals surface area contributed by atoms with Gasteiger partial charge in [-0.05, 0) is 12.8 Å². The molecule has 2 N–H and O–H groups in total. The van der Waals surface area contributed by atoms with Crippen LogP contribution in [-0.2, 0) is 9.53 Å². The molecular formula is C11H19NO3. The maximum atomic E-state index is 11.1. The molecule has 1 saturated carbocycles. The standard InChI is InChI=1S/C11H19NO3/c13-10(14)11(7-15-8-11)12-9-5-3-1-2-4-6-9/h9,12H,1-8H2,(H,13,14). The van der Waals surface area contributed by atoms with Crippen LogP contribution >= 0.6 is 0 Å². The van der Waals surface area contributed by atoms with Crippen molar-refractivity contribution in [3.05, 3.63) is 0 Å².